The van der Waals surface area contributed by atoms with Crippen LogP contribution in [0.25, 0.3) is 0 Å². The fourth-order valence-corrected chi connectivity index (χ4v) is 5.38. The first kappa shape index (κ1) is 14.0. The quantitative estimate of drug-likeness (QED) is 0.876. The number of fused-ring (bicyclic) bond motifs is 1. The van der Waals surface area contributed by atoms with Crippen LogP contribution in [0.2, 0.25) is 0 Å². The van der Waals surface area contributed by atoms with Gasteiger partial charge in [-0.15, -0.1) is 11.8 Å². The molecule has 0 aromatic heterocycles. The third-order valence-electron chi connectivity index (χ3n) is 4.82. The molecular formula is C18H15FO2S. The molecule has 0 unspecified atom stereocenters. The van der Waals surface area contributed by atoms with Crippen LogP contribution in [0, 0.1) is 11.2 Å². The molecule has 4 rings (SSSR count). The third kappa shape index (κ3) is 1.80. The Morgan fingerprint density at radius 3 is 2.59 bits per heavy atom. The maximum absolute atomic E-state index is 13.2. The molecule has 112 valence electrons. The molecule has 0 bridgehead atoms. The van der Waals surface area contributed by atoms with Crippen LogP contribution in [0.3, 0.4) is 0 Å². The number of ketones is 1. The van der Waals surface area contributed by atoms with Gasteiger partial charge in [0.25, 0.3) is 0 Å². The van der Waals surface area contributed by atoms with Gasteiger partial charge in [0.15, 0.2) is 5.78 Å². The highest BCUT2D eigenvalue weighted by molar-refractivity contribution is 7.99. The van der Waals surface area contributed by atoms with Gasteiger partial charge in [-0.1, -0.05) is 36.4 Å². The molecule has 2 aliphatic rings. The second-order valence-corrected chi connectivity index (χ2v) is 7.12. The number of hydrogen-bond donors (Lipinski definition) is 1. The average Bonchev–Trinajstić information content (AvgIpc) is 3.01. The summed E-state index contributed by atoms with van der Waals surface area (Å²) in [5, 5.41) is 10.5. The highest BCUT2D eigenvalue weighted by Gasteiger charge is 2.59. The van der Waals surface area contributed by atoms with Crippen LogP contribution in [0.1, 0.15) is 26.7 Å². The van der Waals surface area contributed by atoms with Crippen LogP contribution in [-0.2, 0) is 6.42 Å². The largest absolute Gasteiger partial charge is 0.391 e. The second-order valence-electron chi connectivity index (χ2n) is 5.98. The molecule has 1 aliphatic carbocycles. The van der Waals surface area contributed by atoms with Gasteiger partial charge in [0.2, 0.25) is 0 Å². The summed E-state index contributed by atoms with van der Waals surface area (Å²) in [6.45, 7) is 0. The van der Waals surface area contributed by atoms with Crippen LogP contribution in [0.4, 0.5) is 4.39 Å². The van der Waals surface area contributed by atoms with Crippen molar-refractivity contribution >= 4 is 17.5 Å². The number of benzene rings is 2. The molecule has 3 atom stereocenters. The highest BCUT2D eigenvalue weighted by Crippen LogP contribution is 2.59. The van der Waals surface area contributed by atoms with E-state index in [1.165, 1.54) is 12.1 Å². The van der Waals surface area contributed by atoms with Gasteiger partial charge in [-0.3, -0.25) is 4.79 Å². The maximum atomic E-state index is 13.2. The van der Waals surface area contributed by atoms with Crippen molar-refractivity contribution in [2.75, 3.05) is 5.75 Å². The topological polar surface area (TPSA) is 37.3 Å². The molecule has 0 radical (unpaired) electrons. The zero-order chi connectivity index (χ0) is 15.3. The van der Waals surface area contributed by atoms with Gasteiger partial charge in [-0.05, 0) is 29.7 Å². The van der Waals surface area contributed by atoms with E-state index in [1.807, 2.05) is 24.3 Å². The van der Waals surface area contributed by atoms with Gasteiger partial charge < -0.3 is 5.11 Å². The molecule has 0 amide bonds. The molecule has 2 aromatic carbocycles. The minimum absolute atomic E-state index is 0.0231. The van der Waals surface area contributed by atoms with Gasteiger partial charge in [0.1, 0.15) is 5.82 Å². The van der Waals surface area contributed by atoms with E-state index in [9.17, 15) is 14.3 Å². The molecule has 22 heavy (non-hydrogen) atoms. The summed E-state index contributed by atoms with van der Waals surface area (Å²) in [4.78, 5) is 13.0. The number of carbonyl (C=O) groups excluding carboxylic acids is 1. The van der Waals surface area contributed by atoms with Crippen molar-refractivity contribution in [3.63, 3.8) is 0 Å². The summed E-state index contributed by atoms with van der Waals surface area (Å²) in [7, 11) is 0. The summed E-state index contributed by atoms with van der Waals surface area (Å²) in [6, 6.07) is 13.9. The zero-order valence-electron chi connectivity index (χ0n) is 11.8. The number of aliphatic hydroxyl groups excluding tert-OH is 1. The Bertz CT molecular complexity index is 743. The summed E-state index contributed by atoms with van der Waals surface area (Å²) >= 11 is 1.59. The lowest BCUT2D eigenvalue weighted by Crippen LogP contribution is -2.41. The third-order valence-corrected chi connectivity index (χ3v) is 6.36. The molecule has 1 aliphatic heterocycles. The number of carbonyl (C=O) groups is 1. The predicted molar refractivity (Wildman–Crippen MR) is 84.5 cm³/mol. The first-order valence-electron chi connectivity index (χ1n) is 7.31. The lowest BCUT2D eigenvalue weighted by molar-refractivity contribution is 0.0435. The second kappa shape index (κ2) is 4.93. The normalized spacial score (nSPS) is 30.0. The Kier molecular flexibility index (Phi) is 3.13. The number of thioether (sulfide) groups is 1. The summed E-state index contributed by atoms with van der Waals surface area (Å²) < 4.78 is 13.2. The van der Waals surface area contributed by atoms with Crippen molar-refractivity contribution in [2.24, 2.45) is 5.41 Å². The smallest absolute Gasteiger partial charge is 0.173 e. The van der Waals surface area contributed by atoms with Crippen LogP contribution < -0.4 is 0 Å². The Morgan fingerprint density at radius 2 is 1.86 bits per heavy atom. The van der Waals surface area contributed by atoms with Gasteiger partial charge in [0.05, 0.1) is 11.5 Å². The van der Waals surface area contributed by atoms with Crippen molar-refractivity contribution in [1.82, 2.24) is 0 Å². The average molecular weight is 314 g/mol. The standard InChI is InChI=1S/C18H15FO2S/c19-13-7-5-11(6-8-13)17-18(15(20)10-22-17)9-12-3-1-2-4-14(12)16(18)21/h1-8,15,17,20H,9-10H2/t15-,17-,18-/m0/s1. The first-order valence-corrected chi connectivity index (χ1v) is 8.35. The molecule has 2 aromatic rings. The summed E-state index contributed by atoms with van der Waals surface area (Å²) in [6.07, 6.45) is -0.120. The van der Waals surface area contributed by atoms with E-state index in [4.69, 9.17) is 0 Å². The molecule has 1 spiro atoms. The van der Waals surface area contributed by atoms with E-state index >= 15 is 0 Å². The number of halogens is 1. The molecule has 2 nitrogen and oxygen atoms in total. The molecule has 1 saturated heterocycles. The van der Waals surface area contributed by atoms with Crippen molar-refractivity contribution < 1.29 is 14.3 Å². The fraction of sp³-hybridized carbons (Fsp3) is 0.278. The molecule has 1 heterocycles. The number of aliphatic hydroxyl groups is 1. The lowest BCUT2D eigenvalue weighted by atomic mass is 9.73. The van der Waals surface area contributed by atoms with Gasteiger partial charge >= 0.3 is 0 Å². The Hall–Kier alpha value is -1.65. The zero-order valence-corrected chi connectivity index (χ0v) is 12.6. The van der Waals surface area contributed by atoms with Crippen LogP contribution in [0.15, 0.2) is 48.5 Å². The van der Waals surface area contributed by atoms with E-state index in [2.05, 4.69) is 0 Å². The summed E-state index contributed by atoms with van der Waals surface area (Å²) in [5.74, 6) is 0.263. The van der Waals surface area contributed by atoms with E-state index in [-0.39, 0.29) is 16.9 Å². The number of Topliss-reactive ketones (excluding diaryl/α,β-unsaturated/α-hetero) is 1. The minimum atomic E-state index is -0.813. The molecule has 4 heteroatoms. The first-order chi connectivity index (χ1) is 10.6. The van der Waals surface area contributed by atoms with Crippen molar-refractivity contribution in [2.45, 2.75) is 17.8 Å². The van der Waals surface area contributed by atoms with Crippen molar-refractivity contribution in [3.05, 3.63) is 71.0 Å². The Morgan fingerprint density at radius 1 is 1.14 bits per heavy atom. The van der Waals surface area contributed by atoms with E-state index < -0.39 is 11.5 Å². The molecule has 1 fully saturated rings. The van der Waals surface area contributed by atoms with E-state index in [0.29, 0.717) is 12.2 Å². The fourth-order valence-electron chi connectivity index (χ4n) is 3.71. The number of hydrogen-bond acceptors (Lipinski definition) is 3. The Balaban J connectivity index is 1.82. The Labute approximate surface area is 132 Å². The molecular weight excluding hydrogens is 299 g/mol. The molecule has 1 N–H and O–H groups in total. The monoisotopic (exact) mass is 314 g/mol. The van der Waals surface area contributed by atoms with Gasteiger partial charge in [0, 0.05) is 16.6 Å². The lowest BCUT2D eigenvalue weighted by Gasteiger charge is -2.31. The van der Waals surface area contributed by atoms with E-state index in [0.717, 1.165) is 16.7 Å². The highest BCUT2D eigenvalue weighted by atomic mass is 32.2. The van der Waals surface area contributed by atoms with Crippen LogP contribution in [-0.4, -0.2) is 22.7 Å². The van der Waals surface area contributed by atoms with Crippen molar-refractivity contribution in [3.8, 4) is 0 Å². The maximum Gasteiger partial charge on any atom is 0.173 e. The minimum Gasteiger partial charge on any atom is -0.391 e. The van der Waals surface area contributed by atoms with Crippen LogP contribution in [0.5, 0.6) is 0 Å². The summed E-state index contributed by atoms with van der Waals surface area (Å²) in [5.41, 5.74) is 1.81. The number of rotatable bonds is 1. The van der Waals surface area contributed by atoms with Crippen molar-refractivity contribution in [1.29, 1.82) is 0 Å². The van der Waals surface area contributed by atoms with E-state index in [1.54, 1.807) is 23.9 Å². The SMILES string of the molecule is O=C1c2ccccc2C[C@]12[C@@H](O)CS[C@H]2c1ccc(F)cc1. The van der Waals surface area contributed by atoms with Gasteiger partial charge in [-0.25, -0.2) is 4.39 Å². The van der Waals surface area contributed by atoms with Crippen LogP contribution >= 0.6 is 11.8 Å². The molecule has 0 saturated carbocycles. The predicted octanol–water partition coefficient (Wildman–Crippen LogP) is 3.40. The van der Waals surface area contributed by atoms with Gasteiger partial charge in [-0.2, -0.15) is 0 Å².